The number of hydrogen-bond acceptors (Lipinski definition) is 9. The highest BCUT2D eigenvalue weighted by atomic mass is 16.5. The minimum atomic E-state index is -0.885. The second kappa shape index (κ2) is 19.3. The van der Waals surface area contributed by atoms with Crippen LogP contribution in [-0.2, 0) is 44.6 Å². The molecule has 9 atom stereocenters. The molecule has 0 unspecified atom stereocenters. The summed E-state index contributed by atoms with van der Waals surface area (Å²) in [6.07, 6.45) is 2.73. The lowest BCUT2D eigenvalue weighted by atomic mass is 9.90. The summed E-state index contributed by atoms with van der Waals surface area (Å²) in [5.41, 5.74) is 0.169. The Labute approximate surface area is 303 Å². The van der Waals surface area contributed by atoms with E-state index in [-0.39, 0.29) is 48.4 Å². The maximum atomic E-state index is 14.1. The van der Waals surface area contributed by atoms with E-state index in [1.165, 1.54) is 14.2 Å². The van der Waals surface area contributed by atoms with Crippen molar-refractivity contribution in [3.63, 3.8) is 0 Å². The Hall–Kier alpha value is -3.55. The highest BCUT2D eigenvalue weighted by Gasteiger charge is 2.43. The fraction of sp³-hybridized carbons (Fsp3) is 0.711. The van der Waals surface area contributed by atoms with Gasteiger partial charge in [-0.25, -0.2) is 4.79 Å². The predicted octanol–water partition coefficient (Wildman–Crippen LogP) is 2.45. The van der Waals surface area contributed by atoms with Crippen LogP contribution in [0.5, 0.6) is 0 Å². The first-order valence-electron chi connectivity index (χ1n) is 18.3. The molecule has 0 saturated carbocycles. The van der Waals surface area contributed by atoms with Gasteiger partial charge in [0.15, 0.2) is 0 Å². The number of carbonyl (C=O) groups excluding carboxylic acids is 5. The summed E-state index contributed by atoms with van der Waals surface area (Å²) >= 11 is 0. The molecule has 0 aromatic heterocycles. The van der Waals surface area contributed by atoms with Gasteiger partial charge in [-0.15, -0.1) is 0 Å². The molecule has 13 heteroatoms. The number of rotatable bonds is 18. The molecule has 2 heterocycles. The lowest BCUT2D eigenvalue weighted by Crippen LogP contribution is -2.59. The van der Waals surface area contributed by atoms with Gasteiger partial charge in [-0.3, -0.25) is 19.2 Å². The molecule has 1 aromatic rings. The Morgan fingerprint density at radius 1 is 1.02 bits per heavy atom. The molecule has 2 aliphatic rings. The Bertz CT molecular complexity index is 1320. The van der Waals surface area contributed by atoms with E-state index in [4.69, 9.17) is 14.2 Å². The summed E-state index contributed by atoms with van der Waals surface area (Å²) in [6, 6.07) is 6.89. The number of nitrogens with one attached hydrogen (secondary N) is 3. The summed E-state index contributed by atoms with van der Waals surface area (Å²) in [4.78, 5) is 70.4. The Morgan fingerprint density at radius 3 is 2.27 bits per heavy atom. The molecule has 0 spiro atoms. The topological polar surface area (TPSA) is 156 Å². The van der Waals surface area contributed by atoms with Gasteiger partial charge in [0.05, 0.1) is 49.3 Å². The van der Waals surface area contributed by atoms with Crippen molar-refractivity contribution < 1.29 is 38.2 Å². The number of methoxy groups -OCH3 is 3. The van der Waals surface area contributed by atoms with Gasteiger partial charge in [0, 0.05) is 34.2 Å². The SMILES string of the molecule is CC[C@H](C)[C@@H]([C@@H](CC(=O)N1CCC[C@H]1[C@H](OC)[C@@H](C)C(=O)N[C@@H](Cc1ccccc1)C(=O)OC)OC)N(C)C(=O)[C@H](C)NC(=O)[C@@]1(C)CCCN1. The summed E-state index contributed by atoms with van der Waals surface area (Å²) in [7, 11) is 6.06. The van der Waals surface area contributed by atoms with Crippen molar-refractivity contribution >= 4 is 29.6 Å². The third kappa shape index (κ3) is 10.5. The number of benzene rings is 1. The molecule has 4 amide bonds. The van der Waals surface area contributed by atoms with Crippen LogP contribution in [0.2, 0.25) is 0 Å². The highest BCUT2D eigenvalue weighted by Crippen LogP contribution is 2.29. The number of hydrogen-bond donors (Lipinski definition) is 3. The van der Waals surface area contributed by atoms with Crippen LogP contribution in [0.25, 0.3) is 0 Å². The van der Waals surface area contributed by atoms with E-state index in [9.17, 15) is 24.0 Å². The lowest BCUT2D eigenvalue weighted by Gasteiger charge is -2.40. The average Bonchev–Trinajstić information content (AvgIpc) is 3.81. The van der Waals surface area contributed by atoms with Gasteiger partial charge >= 0.3 is 5.97 Å². The number of likely N-dealkylation sites (tertiary alicyclic amines) is 1. The molecule has 0 bridgehead atoms. The molecule has 1 aromatic carbocycles. The molecule has 2 aliphatic heterocycles. The van der Waals surface area contributed by atoms with Gasteiger partial charge in [-0.2, -0.15) is 0 Å². The summed E-state index contributed by atoms with van der Waals surface area (Å²) in [6.45, 7) is 10.6. The number of nitrogens with zero attached hydrogens (tertiary/aromatic N) is 2. The van der Waals surface area contributed by atoms with Gasteiger partial charge < -0.3 is 40.0 Å². The van der Waals surface area contributed by atoms with E-state index < -0.39 is 47.8 Å². The molecule has 2 saturated heterocycles. The van der Waals surface area contributed by atoms with Crippen molar-refractivity contribution in [1.29, 1.82) is 0 Å². The van der Waals surface area contributed by atoms with Crippen LogP contribution in [0.4, 0.5) is 0 Å². The largest absolute Gasteiger partial charge is 0.467 e. The van der Waals surface area contributed by atoms with Crippen LogP contribution < -0.4 is 16.0 Å². The quantitative estimate of drug-likeness (QED) is 0.195. The summed E-state index contributed by atoms with van der Waals surface area (Å²) in [5, 5.41) is 8.98. The summed E-state index contributed by atoms with van der Waals surface area (Å²) in [5.74, 6) is -2.26. The van der Waals surface area contributed by atoms with E-state index in [0.717, 1.165) is 31.4 Å². The van der Waals surface area contributed by atoms with Crippen molar-refractivity contribution in [1.82, 2.24) is 25.8 Å². The van der Waals surface area contributed by atoms with E-state index in [1.54, 1.807) is 37.8 Å². The zero-order valence-electron chi connectivity index (χ0n) is 32.0. The van der Waals surface area contributed by atoms with Gasteiger partial charge in [0.2, 0.25) is 23.6 Å². The molecule has 3 N–H and O–H groups in total. The zero-order chi connectivity index (χ0) is 37.9. The smallest absolute Gasteiger partial charge is 0.328 e. The minimum absolute atomic E-state index is 0.0147. The zero-order valence-corrected chi connectivity index (χ0v) is 32.0. The van der Waals surface area contributed by atoms with Gasteiger partial charge in [0.25, 0.3) is 0 Å². The number of esters is 1. The van der Waals surface area contributed by atoms with Crippen molar-refractivity contribution in [3.05, 3.63) is 35.9 Å². The number of ether oxygens (including phenoxy) is 3. The Kier molecular flexibility index (Phi) is 15.9. The first-order valence-corrected chi connectivity index (χ1v) is 18.3. The summed E-state index contributed by atoms with van der Waals surface area (Å²) < 4.78 is 16.8. The van der Waals surface area contributed by atoms with Gasteiger partial charge in [-0.1, -0.05) is 57.5 Å². The van der Waals surface area contributed by atoms with Crippen molar-refractivity contribution in [2.75, 3.05) is 41.5 Å². The molecule has 3 rings (SSSR count). The fourth-order valence-electron chi connectivity index (χ4n) is 7.61. The molecule has 0 radical (unpaired) electrons. The van der Waals surface area contributed by atoms with Crippen LogP contribution >= 0.6 is 0 Å². The predicted molar refractivity (Wildman–Crippen MR) is 193 cm³/mol. The Morgan fingerprint density at radius 2 is 1.71 bits per heavy atom. The molecular weight excluding hydrogens is 654 g/mol. The van der Waals surface area contributed by atoms with Crippen molar-refractivity contribution in [3.8, 4) is 0 Å². The second-order valence-electron chi connectivity index (χ2n) is 14.4. The first kappa shape index (κ1) is 41.9. The van der Waals surface area contributed by atoms with E-state index in [2.05, 4.69) is 16.0 Å². The molecule has 51 heavy (non-hydrogen) atoms. The van der Waals surface area contributed by atoms with Crippen LogP contribution in [0.1, 0.15) is 78.7 Å². The molecule has 0 aliphatic carbocycles. The molecule has 2 fully saturated rings. The molecular formula is C38H61N5O8. The average molecular weight is 716 g/mol. The van der Waals surface area contributed by atoms with E-state index in [0.29, 0.717) is 19.4 Å². The normalized spacial score (nSPS) is 22.9. The third-order valence-electron chi connectivity index (χ3n) is 10.9. The number of likely N-dealkylation sites (N-methyl/N-ethyl adjacent to an activating group) is 1. The number of carbonyl (C=O) groups is 5. The third-order valence-corrected chi connectivity index (χ3v) is 10.9. The molecule has 13 nitrogen and oxygen atoms in total. The molecule has 286 valence electrons. The van der Waals surface area contributed by atoms with Gasteiger partial charge in [0.1, 0.15) is 12.1 Å². The Balaban J connectivity index is 1.72. The van der Waals surface area contributed by atoms with Crippen LogP contribution in [-0.4, -0.2) is 123 Å². The van der Waals surface area contributed by atoms with Crippen LogP contribution in [0.15, 0.2) is 30.3 Å². The van der Waals surface area contributed by atoms with Crippen molar-refractivity contribution in [2.24, 2.45) is 11.8 Å². The standard InChI is InChI=1S/C38H61N5O8/c1-10-24(2)32(42(6)35(46)26(4)40-37(48)38(5)19-15-20-39-38)30(49-7)23-31(44)43-21-14-18-29(43)33(50-8)25(3)34(45)41-28(36(47)51-9)22-27-16-12-11-13-17-27/h11-13,16-17,24-26,28-30,32-33,39H,10,14-15,18-23H2,1-9H3,(H,40,48)(H,41,45)/t24-,25+,26-,28-,29-,30+,32-,33+,38+/m0/s1. The minimum Gasteiger partial charge on any atom is -0.467 e. The maximum Gasteiger partial charge on any atom is 0.328 e. The monoisotopic (exact) mass is 715 g/mol. The first-order chi connectivity index (χ1) is 24.2. The van der Waals surface area contributed by atoms with Crippen molar-refractivity contribution in [2.45, 2.75) is 121 Å². The highest BCUT2D eigenvalue weighted by molar-refractivity contribution is 5.92. The van der Waals surface area contributed by atoms with Gasteiger partial charge in [-0.05, 0) is 57.6 Å². The van der Waals surface area contributed by atoms with E-state index in [1.807, 2.05) is 51.1 Å². The second-order valence-corrected chi connectivity index (χ2v) is 14.4. The maximum absolute atomic E-state index is 14.1. The lowest BCUT2D eigenvalue weighted by molar-refractivity contribution is -0.148. The number of amides is 4. The van der Waals surface area contributed by atoms with E-state index >= 15 is 0 Å². The van der Waals surface area contributed by atoms with Crippen LogP contribution in [0.3, 0.4) is 0 Å². The van der Waals surface area contributed by atoms with Crippen LogP contribution in [0, 0.1) is 11.8 Å². The fourth-order valence-corrected chi connectivity index (χ4v) is 7.61.